The van der Waals surface area contributed by atoms with Crippen molar-refractivity contribution in [2.75, 3.05) is 0 Å². The zero-order chi connectivity index (χ0) is 56.6. The predicted molar refractivity (Wildman–Crippen MR) is 238 cm³/mol. The molecule has 6 aromatic rings. The Kier molecular flexibility index (Phi) is 4.54. The Bertz CT molecular complexity index is 3250. The molecule has 0 radical (unpaired) electrons. The Morgan fingerprint density at radius 3 is 1.49 bits per heavy atom. The summed E-state index contributed by atoms with van der Waals surface area (Å²) in [5, 5.41) is 0. The highest BCUT2D eigenvalue weighted by molar-refractivity contribution is 5.72. The molecule has 0 saturated carbocycles. The van der Waals surface area contributed by atoms with Gasteiger partial charge >= 0.3 is 0 Å². The Morgan fingerprint density at radius 1 is 0.456 bits per heavy atom. The van der Waals surface area contributed by atoms with Gasteiger partial charge in [-0.15, -0.1) is 0 Å². The number of hydrogen-bond acceptors (Lipinski definition) is 2. The third-order valence-corrected chi connectivity index (χ3v) is 14.1. The highest BCUT2D eigenvalue weighted by Crippen LogP contribution is 2.62. The maximum atomic E-state index is 9.74. The first-order chi connectivity index (χ1) is 34.6. The molecule has 9 rings (SSSR count). The van der Waals surface area contributed by atoms with E-state index in [1.54, 1.807) is 50.2 Å². The number of fused-ring (bicyclic) bond motifs is 4. The van der Waals surface area contributed by atoms with E-state index in [1.807, 2.05) is 66.7 Å². The van der Waals surface area contributed by atoms with Crippen LogP contribution >= 0.6 is 0 Å². The van der Waals surface area contributed by atoms with Crippen LogP contribution in [0.5, 0.6) is 0 Å². The van der Waals surface area contributed by atoms with Gasteiger partial charge in [0.1, 0.15) is 5.41 Å². The molecule has 0 N–H and O–H groups in total. The lowest BCUT2D eigenvalue weighted by Gasteiger charge is -2.46. The molecule has 2 atom stereocenters. The summed E-state index contributed by atoms with van der Waals surface area (Å²) >= 11 is 0. The van der Waals surface area contributed by atoms with E-state index in [4.69, 9.17) is 34.6 Å². The van der Waals surface area contributed by atoms with Crippen LogP contribution in [0.3, 0.4) is 0 Å². The molecule has 0 saturated heterocycles. The molecule has 4 aromatic carbocycles. The predicted octanol–water partition coefficient (Wildman–Crippen LogP) is 13.6. The second-order valence-electron chi connectivity index (χ2n) is 18.1. The number of benzene rings is 4. The van der Waals surface area contributed by atoms with E-state index in [9.17, 15) is 1.37 Å². The van der Waals surface area contributed by atoms with Crippen molar-refractivity contribution in [1.82, 2.24) is 9.97 Å². The number of nitrogens with zero attached hydrogens (tertiary/aromatic N) is 2. The number of hydrogen-bond donors (Lipinski definition) is 0. The third kappa shape index (κ3) is 4.76. The van der Waals surface area contributed by atoms with E-state index in [-0.39, 0.29) is 33.5 Å². The summed E-state index contributed by atoms with van der Waals surface area (Å²) in [6, 6.07) is 35.8. The van der Waals surface area contributed by atoms with E-state index in [1.165, 1.54) is 39.0 Å². The standard InChI is InChI=1S/C55H60N2/c1-34-49(2,3)39-30-28-35(32-43(39)50(34,4)5)45-24-18-26-47(56-45)55(41-22-16-14-20-37(41)51(6,7)38-21-15-17-23-42(38)55)48-27-19-25-46(57-48)36-29-31-40-44(33-36)53(10,11)54(12,13)52(40,8)9/h14-34H,1-13H3/i1D3,4D3,5D3,8D3,9D3,12D3,34D. The minimum Gasteiger partial charge on any atom is -0.251 e. The third-order valence-electron chi connectivity index (χ3n) is 14.1. The first-order valence-electron chi connectivity index (χ1n) is 29.0. The summed E-state index contributed by atoms with van der Waals surface area (Å²) in [7, 11) is 0. The highest BCUT2D eigenvalue weighted by Gasteiger charge is 2.57. The van der Waals surface area contributed by atoms with Crippen molar-refractivity contribution in [3.05, 3.63) is 177 Å². The fourth-order valence-corrected chi connectivity index (χ4v) is 10.1. The van der Waals surface area contributed by atoms with Gasteiger partial charge in [-0.25, -0.2) is 0 Å². The topological polar surface area (TPSA) is 25.8 Å². The van der Waals surface area contributed by atoms with E-state index in [0.29, 0.717) is 22.6 Å². The van der Waals surface area contributed by atoms with Crippen LogP contribution in [0.4, 0.5) is 0 Å². The number of rotatable bonds is 4. The van der Waals surface area contributed by atoms with E-state index >= 15 is 0 Å². The average Bonchev–Trinajstić information content (AvgIpc) is 3.75. The van der Waals surface area contributed by atoms with Gasteiger partial charge in [0.25, 0.3) is 0 Å². The first-order valence-corrected chi connectivity index (χ1v) is 19.5. The van der Waals surface area contributed by atoms with Crippen molar-refractivity contribution in [3.8, 4) is 22.5 Å². The lowest BCUT2D eigenvalue weighted by molar-refractivity contribution is 0.125. The second-order valence-corrected chi connectivity index (χ2v) is 18.1. The zero-order valence-corrected chi connectivity index (χ0v) is 33.4. The second kappa shape index (κ2) is 11.9. The number of aromatic nitrogens is 2. The summed E-state index contributed by atoms with van der Waals surface area (Å²) in [6.07, 6.45) is 0. The summed E-state index contributed by atoms with van der Waals surface area (Å²) < 4.78 is 169. The Morgan fingerprint density at radius 2 is 0.982 bits per heavy atom. The van der Waals surface area contributed by atoms with Gasteiger partial charge in [-0.1, -0.05) is 175 Å². The van der Waals surface area contributed by atoms with Gasteiger partial charge in [0.15, 0.2) is 0 Å². The van der Waals surface area contributed by atoms with Gasteiger partial charge in [0.2, 0.25) is 0 Å². The summed E-state index contributed by atoms with van der Waals surface area (Å²) in [4.78, 5) is 10.9. The van der Waals surface area contributed by atoms with Crippen LogP contribution in [0.25, 0.3) is 22.5 Å². The van der Waals surface area contributed by atoms with Crippen molar-refractivity contribution >= 4 is 0 Å². The van der Waals surface area contributed by atoms with Crippen molar-refractivity contribution < 1.29 is 26.0 Å². The van der Waals surface area contributed by atoms with Crippen molar-refractivity contribution in [2.45, 2.75) is 122 Å². The SMILES string of the molecule is [2H]C([2H])([2H])C1([2H])C(C)(C)c2ccc(-c3cccc(C4(c5cccc(-c6ccc7c(c6)C(C)(C)C(C)(C([2H])([2H])[2H])C7(C([2H])([2H])[2H])C([2H])([2H])[2H])n5)c5ccccc5C(C)(C)c5ccccc54)n3)cc2C1(C([2H])([2H])[2H])C([2H])([2H])[2H]. The molecule has 2 nitrogen and oxygen atoms in total. The molecular weight excluding hydrogens is 689 g/mol. The largest absolute Gasteiger partial charge is 0.251 e. The van der Waals surface area contributed by atoms with Crippen molar-refractivity contribution in [1.29, 1.82) is 0 Å². The zero-order valence-electron chi connectivity index (χ0n) is 52.4. The average molecular weight is 768 g/mol. The molecule has 2 unspecified atom stereocenters. The Labute approximate surface area is 368 Å². The van der Waals surface area contributed by atoms with Gasteiger partial charge < -0.3 is 0 Å². The smallest absolute Gasteiger partial charge is 0.105 e. The molecule has 0 fully saturated rings. The van der Waals surface area contributed by atoms with Gasteiger partial charge in [-0.3, -0.25) is 9.97 Å². The fourth-order valence-electron chi connectivity index (χ4n) is 10.1. The Balaban J connectivity index is 1.33. The van der Waals surface area contributed by atoms with Crippen LogP contribution in [0.15, 0.2) is 121 Å². The summed E-state index contributed by atoms with van der Waals surface area (Å²) in [5.41, 5.74) is -7.75. The summed E-state index contributed by atoms with van der Waals surface area (Å²) in [5.74, 6) is -3.06. The van der Waals surface area contributed by atoms with Crippen LogP contribution in [0, 0.1) is 11.3 Å². The maximum Gasteiger partial charge on any atom is 0.105 e. The normalized spacial score (nSPS) is 31.1. The quantitative estimate of drug-likeness (QED) is 0.179. The van der Waals surface area contributed by atoms with Gasteiger partial charge in [-0.2, -0.15) is 0 Å². The van der Waals surface area contributed by atoms with Crippen LogP contribution in [0.2, 0.25) is 0 Å². The van der Waals surface area contributed by atoms with E-state index in [2.05, 4.69) is 13.8 Å². The lowest BCUT2D eigenvalue weighted by atomic mass is 9.56. The molecular formula is C55H60N2. The minimum absolute atomic E-state index is 0.0946. The van der Waals surface area contributed by atoms with Gasteiger partial charge in [0.05, 0.1) is 22.8 Å². The van der Waals surface area contributed by atoms with Crippen molar-refractivity contribution in [3.63, 3.8) is 0 Å². The molecule has 2 aromatic heterocycles. The van der Waals surface area contributed by atoms with Gasteiger partial charge in [-0.05, 0) is 114 Å². The minimum atomic E-state index is -3.51. The molecule has 0 amide bonds. The molecule has 3 aliphatic rings. The molecule has 0 aliphatic heterocycles. The molecule has 3 aliphatic carbocycles. The maximum absolute atomic E-state index is 9.74. The van der Waals surface area contributed by atoms with Crippen LogP contribution in [-0.4, -0.2) is 9.97 Å². The van der Waals surface area contributed by atoms with Crippen LogP contribution in [-0.2, 0) is 32.5 Å². The van der Waals surface area contributed by atoms with Gasteiger partial charge in [0, 0.05) is 42.6 Å². The Hall–Kier alpha value is -4.82. The van der Waals surface area contributed by atoms with Crippen LogP contribution < -0.4 is 0 Å². The van der Waals surface area contributed by atoms with Crippen LogP contribution in [0.1, 0.15) is 172 Å². The fraction of sp³-hybridized carbons (Fsp3) is 0.382. The molecule has 57 heavy (non-hydrogen) atoms. The monoisotopic (exact) mass is 768 g/mol. The first kappa shape index (κ1) is 21.8. The van der Waals surface area contributed by atoms with E-state index in [0.717, 1.165) is 22.3 Å². The number of pyridine rings is 2. The molecule has 2 heterocycles. The van der Waals surface area contributed by atoms with E-state index < -0.39 is 84.9 Å². The molecule has 290 valence electrons. The molecule has 2 heteroatoms. The molecule has 0 bridgehead atoms. The highest BCUT2D eigenvalue weighted by atomic mass is 14.8. The lowest BCUT2D eigenvalue weighted by Crippen LogP contribution is -2.43. The van der Waals surface area contributed by atoms with Crippen molar-refractivity contribution in [2.24, 2.45) is 11.3 Å². The molecule has 0 spiro atoms. The summed E-state index contributed by atoms with van der Waals surface area (Å²) in [6.45, 7) is -8.55.